The molecule has 5 aliphatic carbocycles. The molecule has 0 saturated heterocycles. The van der Waals surface area contributed by atoms with Gasteiger partial charge < -0.3 is 16.3 Å². The van der Waals surface area contributed by atoms with Crippen LogP contribution >= 0.6 is 0 Å². The van der Waals surface area contributed by atoms with Gasteiger partial charge in [-0.1, -0.05) is 38.4 Å². The van der Waals surface area contributed by atoms with Crippen LogP contribution in [0.2, 0.25) is 0 Å². The van der Waals surface area contributed by atoms with Crippen molar-refractivity contribution in [1.29, 1.82) is 0 Å². The van der Waals surface area contributed by atoms with Crippen LogP contribution in [-0.2, 0) is 4.79 Å². The number of nitrogens with two attached hydrogens (primary N) is 1. The first-order chi connectivity index (χ1) is 15.5. The second-order valence-corrected chi connectivity index (χ2v) is 12.8. The number of allylic oxidation sites excluding steroid dienone is 2. The molecular weight excluding hydrogens is 414 g/mol. The predicted octanol–water partition coefficient (Wildman–Crippen LogP) is 5.05. The number of primary amides is 1. The molecule has 0 aromatic heterocycles. The van der Waals surface area contributed by atoms with Gasteiger partial charge in [0.2, 0.25) is 0 Å². The zero-order chi connectivity index (χ0) is 23.8. The lowest BCUT2D eigenvalue weighted by atomic mass is 9.39. The SMILES string of the molecule is CC1/C(=N/O)CCC2(C)C1CCC1(C)C3CCC4(C)CCC(NC(N)=O)CC4C3=CC(=O)C12. The number of amides is 2. The van der Waals surface area contributed by atoms with Gasteiger partial charge in [0.15, 0.2) is 5.78 Å². The molecule has 0 spiro atoms. The third-order valence-electron chi connectivity index (χ3n) is 11.3. The number of hydrogen-bond donors (Lipinski definition) is 3. The Labute approximate surface area is 197 Å². The fraction of sp³-hybridized carbons (Fsp3) is 0.815. The van der Waals surface area contributed by atoms with Gasteiger partial charge in [-0.15, -0.1) is 0 Å². The maximum Gasteiger partial charge on any atom is 0.312 e. The van der Waals surface area contributed by atoms with Gasteiger partial charge in [-0.3, -0.25) is 4.79 Å². The van der Waals surface area contributed by atoms with Crippen molar-refractivity contribution in [2.24, 2.45) is 56.7 Å². The molecule has 0 aliphatic heterocycles. The normalized spacial score (nSPS) is 50.4. The van der Waals surface area contributed by atoms with Crippen LogP contribution in [-0.4, -0.2) is 28.8 Å². The van der Waals surface area contributed by atoms with Crippen LogP contribution in [0.1, 0.15) is 85.5 Å². The van der Waals surface area contributed by atoms with Crippen LogP contribution < -0.4 is 11.1 Å². The summed E-state index contributed by atoms with van der Waals surface area (Å²) >= 11 is 0. The summed E-state index contributed by atoms with van der Waals surface area (Å²) in [5.74, 6) is 1.75. The number of nitrogens with zero attached hydrogens (tertiary/aromatic N) is 1. The Bertz CT molecular complexity index is 928. The molecule has 5 rings (SSSR count). The van der Waals surface area contributed by atoms with Crippen molar-refractivity contribution in [2.45, 2.75) is 91.5 Å². The Kier molecular flexibility index (Phi) is 5.26. The van der Waals surface area contributed by atoms with Gasteiger partial charge >= 0.3 is 6.03 Å². The van der Waals surface area contributed by atoms with E-state index in [2.05, 4.69) is 44.2 Å². The van der Waals surface area contributed by atoms with E-state index in [-0.39, 0.29) is 34.1 Å². The Hall–Kier alpha value is -1.85. The fourth-order valence-corrected chi connectivity index (χ4v) is 9.66. The molecule has 9 atom stereocenters. The zero-order valence-corrected chi connectivity index (χ0v) is 20.7. The third-order valence-corrected chi connectivity index (χ3v) is 11.3. The Morgan fingerprint density at radius 3 is 2.52 bits per heavy atom. The molecule has 182 valence electrons. The second kappa shape index (κ2) is 7.58. The van der Waals surface area contributed by atoms with E-state index in [4.69, 9.17) is 5.73 Å². The number of carbonyl (C=O) groups is 2. The Morgan fingerprint density at radius 2 is 1.82 bits per heavy atom. The van der Waals surface area contributed by atoms with Crippen molar-refractivity contribution in [3.63, 3.8) is 0 Å². The van der Waals surface area contributed by atoms with E-state index < -0.39 is 6.03 Å². The number of oxime groups is 1. The summed E-state index contributed by atoms with van der Waals surface area (Å²) < 4.78 is 0. The van der Waals surface area contributed by atoms with Gasteiger partial charge in [0.05, 0.1) is 5.71 Å². The highest BCUT2D eigenvalue weighted by molar-refractivity contribution is 5.96. The first kappa shape index (κ1) is 22.9. The molecule has 0 heterocycles. The number of rotatable bonds is 1. The molecule has 4 saturated carbocycles. The number of fused-ring (bicyclic) bond motifs is 7. The van der Waals surface area contributed by atoms with Gasteiger partial charge in [-0.2, -0.15) is 0 Å². The van der Waals surface area contributed by atoms with E-state index in [1.807, 2.05) is 0 Å². The first-order valence-corrected chi connectivity index (χ1v) is 13.1. The molecule has 6 heteroatoms. The molecule has 33 heavy (non-hydrogen) atoms. The van der Waals surface area contributed by atoms with E-state index >= 15 is 0 Å². The van der Waals surface area contributed by atoms with E-state index in [1.54, 1.807) is 0 Å². The molecule has 4 fully saturated rings. The summed E-state index contributed by atoms with van der Waals surface area (Å²) in [5.41, 5.74) is 7.85. The summed E-state index contributed by atoms with van der Waals surface area (Å²) in [5, 5.41) is 16.1. The molecule has 0 bridgehead atoms. The van der Waals surface area contributed by atoms with Crippen LogP contribution in [0.25, 0.3) is 0 Å². The number of urea groups is 1. The van der Waals surface area contributed by atoms with Crippen molar-refractivity contribution in [2.75, 3.05) is 0 Å². The van der Waals surface area contributed by atoms with Crippen LogP contribution in [0, 0.1) is 45.8 Å². The summed E-state index contributed by atoms with van der Waals surface area (Å²) in [6.07, 6.45) is 11.2. The van der Waals surface area contributed by atoms with Crippen LogP contribution in [0.15, 0.2) is 16.8 Å². The van der Waals surface area contributed by atoms with E-state index in [9.17, 15) is 14.8 Å². The fourth-order valence-electron chi connectivity index (χ4n) is 9.66. The van der Waals surface area contributed by atoms with Gasteiger partial charge in [0, 0.05) is 17.9 Å². The molecule has 9 unspecified atom stereocenters. The van der Waals surface area contributed by atoms with Crippen LogP contribution in [0.5, 0.6) is 0 Å². The van der Waals surface area contributed by atoms with Gasteiger partial charge in [0.25, 0.3) is 0 Å². The summed E-state index contributed by atoms with van der Waals surface area (Å²) in [6.45, 7) is 9.33. The molecule has 0 radical (unpaired) electrons. The highest BCUT2D eigenvalue weighted by Crippen LogP contribution is 2.69. The number of ketones is 1. The van der Waals surface area contributed by atoms with Gasteiger partial charge in [-0.05, 0) is 97.9 Å². The maximum absolute atomic E-state index is 14.0. The first-order valence-electron chi connectivity index (χ1n) is 13.1. The lowest BCUT2D eigenvalue weighted by molar-refractivity contribution is -0.153. The zero-order valence-electron chi connectivity index (χ0n) is 20.7. The smallest absolute Gasteiger partial charge is 0.312 e. The van der Waals surface area contributed by atoms with Gasteiger partial charge in [-0.25, -0.2) is 4.79 Å². The minimum Gasteiger partial charge on any atom is -0.411 e. The van der Waals surface area contributed by atoms with E-state index in [0.717, 1.165) is 57.1 Å². The van der Waals surface area contributed by atoms with Crippen molar-refractivity contribution >= 4 is 17.5 Å². The maximum atomic E-state index is 14.0. The largest absolute Gasteiger partial charge is 0.411 e. The van der Waals surface area contributed by atoms with Crippen molar-refractivity contribution in [3.8, 4) is 0 Å². The standard InChI is InChI=1S/C27H41N3O3/c1-15-18-7-11-27(4)19-6-10-25(2)9-5-16(29-24(28)32)13-20(25)17(19)14-22(31)23(27)26(18,3)12-8-21(15)30-33/h14-16,18-20,23,33H,5-13H2,1-4H3,(H3,28,29,32)/b30-21+. The number of hydrogen-bond acceptors (Lipinski definition) is 4. The highest BCUT2D eigenvalue weighted by atomic mass is 16.4. The topological polar surface area (TPSA) is 105 Å². The van der Waals surface area contributed by atoms with Gasteiger partial charge in [0.1, 0.15) is 0 Å². The summed E-state index contributed by atoms with van der Waals surface area (Å²) in [4.78, 5) is 25.5. The number of carbonyl (C=O) groups excluding carboxylic acids is 2. The minimum atomic E-state index is -0.444. The number of nitrogens with one attached hydrogen (secondary N) is 1. The van der Waals surface area contributed by atoms with E-state index in [1.165, 1.54) is 12.0 Å². The lowest BCUT2D eigenvalue weighted by Crippen LogP contribution is -2.61. The van der Waals surface area contributed by atoms with E-state index in [0.29, 0.717) is 23.5 Å². The van der Waals surface area contributed by atoms with Crippen LogP contribution in [0.3, 0.4) is 0 Å². The molecule has 5 aliphatic rings. The van der Waals surface area contributed by atoms with Crippen molar-refractivity contribution < 1.29 is 14.8 Å². The average Bonchev–Trinajstić information content (AvgIpc) is 2.73. The molecule has 4 N–H and O–H groups in total. The monoisotopic (exact) mass is 455 g/mol. The molecule has 2 amide bonds. The predicted molar refractivity (Wildman–Crippen MR) is 128 cm³/mol. The van der Waals surface area contributed by atoms with Crippen LogP contribution in [0.4, 0.5) is 4.79 Å². The lowest BCUT2D eigenvalue weighted by Gasteiger charge is -2.65. The summed E-state index contributed by atoms with van der Waals surface area (Å²) in [6, 6.07) is -0.343. The Morgan fingerprint density at radius 1 is 1.09 bits per heavy atom. The van der Waals surface area contributed by atoms with Crippen molar-refractivity contribution in [1.82, 2.24) is 5.32 Å². The molecule has 0 aromatic rings. The summed E-state index contributed by atoms with van der Waals surface area (Å²) in [7, 11) is 0. The Balaban J connectivity index is 1.52. The molecule has 6 nitrogen and oxygen atoms in total. The highest BCUT2D eigenvalue weighted by Gasteiger charge is 2.64. The third kappa shape index (κ3) is 3.22. The molecule has 0 aromatic carbocycles. The minimum absolute atomic E-state index is 0.0224. The van der Waals surface area contributed by atoms with Crippen molar-refractivity contribution in [3.05, 3.63) is 11.6 Å². The average molecular weight is 456 g/mol. The quantitative estimate of drug-likeness (QED) is 0.381. The second-order valence-electron chi connectivity index (χ2n) is 12.8. The molecular formula is C27H41N3O3.